The van der Waals surface area contributed by atoms with Crippen LogP contribution in [0.2, 0.25) is 0 Å². The number of aromatic nitrogens is 5. The molecule has 12 heteroatoms. The quantitative estimate of drug-likeness (QED) is 0.147. The number of furan rings is 1. The summed E-state index contributed by atoms with van der Waals surface area (Å²) in [6.45, 7) is 7.88. The van der Waals surface area contributed by atoms with Crippen LogP contribution in [-0.4, -0.2) is 61.3 Å². The van der Waals surface area contributed by atoms with Gasteiger partial charge in [0.1, 0.15) is 23.8 Å². The molecule has 2 N–H and O–H groups in total. The predicted molar refractivity (Wildman–Crippen MR) is 205 cm³/mol. The van der Waals surface area contributed by atoms with Crippen molar-refractivity contribution in [2.75, 3.05) is 25.0 Å². The lowest BCUT2D eigenvalue weighted by molar-refractivity contribution is -0.0591. The van der Waals surface area contributed by atoms with Crippen molar-refractivity contribution in [2.24, 2.45) is 0 Å². The van der Waals surface area contributed by atoms with Crippen molar-refractivity contribution in [3.05, 3.63) is 119 Å². The Hall–Kier alpha value is -6.29. The van der Waals surface area contributed by atoms with Gasteiger partial charge in [-0.25, -0.2) is 9.97 Å². The van der Waals surface area contributed by atoms with Crippen LogP contribution in [0.5, 0.6) is 5.88 Å². The van der Waals surface area contributed by atoms with Gasteiger partial charge in [-0.1, -0.05) is 18.2 Å². The number of carbonyl (C=O) groups excluding carboxylic acids is 1. The molecule has 1 fully saturated rings. The van der Waals surface area contributed by atoms with Gasteiger partial charge in [-0.05, 0) is 86.9 Å². The van der Waals surface area contributed by atoms with Crippen molar-refractivity contribution in [3.8, 4) is 11.9 Å². The van der Waals surface area contributed by atoms with Crippen LogP contribution in [0.15, 0.2) is 83.3 Å². The van der Waals surface area contributed by atoms with Gasteiger partial charge in [0.05, 0.1) is 53.1 Å². The summed E-state index contributed by atoms with van der Waals surface area (Å²) in [4.78, 5) is 25.7. The number of carbonyl (C=O) groups is 1. The number of hydrogen-bond acceptors (Lipinski definition) is 9. The number of imidazole rings is 1. The summed E-state index contributed by atoms with van der Waals surface area (Å²) in [6.07, 6.45) is 4.24. The zero-order valence-corrected chi connectivity index (χ0v) is 30.1. The number of rotatable bonds is 10. The van der Waals surface area contributed by atoms with Gasteiger partial charge in [-0.3, -0.25) is 14.8 Å². The van der Waals surface area contributed by atoms with Gasteiger partial charge < -0.3 is 23.8 Å². The molecule has 0 spiro atoms. The van der Waals surface area contributed by atoms with E-state index in [2.05, 4.69) is 37.1 Å². The molecule has 270 valence electrons. The Morgan fingerprint density at radius 3 is 2.78 bits per heavy atom. The van der Waals surface area contributed by atoms with E-state index in [0.717, 1.165) is 94.9 Å². The summed E-state index contributed by atoms with van der Waals surface area (Å²) in [5.41, 5.74) is 9.05. The van der Waals surface area contributed by atoms with Crippen LogP contribution < -0.4 is 10.1 Å². The van der Waals surface area contributed by atoms with Crippen LogP contribution >= 0.6 is 0 Å². The van der Waals surface area contributed by atoms with E-state index in [9.17, 15) is 10.1 Å². The zero-order chi connectivity index (χ0) is 36.8. The van der Waals surface area contributed by atoms with E-state index in [1.807, 2.05) is 80.6 Å². The fourth-order valence-electron chi connectivity index (χ4n) is 7.32. The highest BCUT2D eigenvalue weighted by Gasteiger charge is 2.24. The second-order valence-electron chi connectivity index (χ2n) is 14.0. The fraction of sp³-hybridized carbons (Fsp3) is 0.262. The van der Waals surface area contributed by atoms with E-state index < -0.39 is 0 Å². The molecule has 0 saturated carbocycles. The van der Waals surface area contributed by atoms with Gasteiger partial charge in [0, 0.05) is 59.0 Å². The standard InChI is InChI=1S/C42H38N8O4/c1-25-18-34-29(21-43)6-7-30(41(34)54-25)24-53-40-5-3-4-35(46-40)27-12-15-49(16-13-27)23-39-45-37-19-28(8-11-38(37)50(39)22-32-14-17-52-32)42(51)44-31-9-10-36-33(20-31)26(2)47-48-36/h3-12,18-20,32H,13-17,22-24H2,1-2H3,(H,44,51)(H,47,48)/t32-/m0/s1. The van der Waals surface area contributed by atoms with E-state index in [4.69, 9.17) is 23.9 Å². The molecule has 2 aliphatic rings. The molecule has 9 rings (SSSR count). The molecule has 1 amide bonds. The number of fused-ring (bicyclic) bond motifs is 3. The monoisotopic (exact) mass is 718 g/mol. The predicted octanol–water partition coefficient (Wildman–Crippen LogP) is 7.45. The van der Waals surface area contributed by atoms with Crippen LogP contribution in [-0.2, 0) is 24.4 Å². The lowest BCUT2D eigenvalue weighted by Crippen LogP contribution is -2.33. The van der Waals surface area contributed by atoms with E-state index in [1.54, 1.807) is 6.07 Å². The number of amides is 1. The number of nitriles is 1. The zero-order valence-electron chi connectivity index (χ0n) is 30.1. The Morgan fingerprint density at radius 2 is 1.96 bits per heavy atom. The Morgan fingerprint density at radius 1 is 1.06 bits per heavy atom. The fourth-order valence-corrected chi connectivity index (χ4v) is 7.32. The van der Waals surface area contributed by atoms with Crippen LogP contribution in [0.3, 0.4) is 0 Å². The van der Waals surface area contributed by atoms with Gasteiger partial charge in [0.25, 0.3) is 5.91 Å². The molecule has 1 saturated heterocycles. The van der Waals surface area contributed by atoms with Crippen molar-refractivity contribution in [3.63, 3.8) is 0 Å². The molecule has 4 aromatic heterocycles. The number of nitrogens with one attached hydrogen (secondary N) is 2. The van der Waals surface area contributed by atoms with Gasteiger partial charge in [-0.2, -0.15) is 10.4 Å². The minimum absolute atomic E-state index is 0.157. The summed E-state index contributed by atoms with van der Waals surface area (Å²) >= 11 is 0. The van der Waals surface area contributed by atoms with Crippen LogP contribution in [0.4, 0.5) is 5.69 Å². The van der Waals surface area contributed by atoms with Gasteiger partial charge in [-0.15, -0.1) is 0 Å². The number of nitrogens with zero attached hydrogens (tertiary/aromatic N) is 6. The molecule has 1 atom stereocenters. The summed E-state index contributed by atoms with van der Waals surface area (Å²) in [5, 5.41) is 21.6. The van der Waals surface area contributed by atoms with E-state index in [1.165, 1.54) is 5.57 Å². The Balaban J connectivity index is 0.892. The SMILES string of the molecule is Cc1cc2c(C#N)ccc(COc3cccc(C4=CCN(Cc5nc6cc(C(=O)Nc7ccc8n[nH]c(C)c8c7)ccc6n5C[C@@H]5CCO5)CC4)n3)c2o1. The van der Waals surface area contributed by atoms with Crippen LogP contribution in [0.25, 0.3) is 38.5 Å². The Bertz CT molecular complexity index is 2640. The third-order valence-corrected chi connectivity index (χ3v) is 10.4. The summed E-state index contributed by atoms with van der Waals surface area (Å²) in [7, 11) is 0. The van der Waals surface area contributed by atoms with E-state index in [0.29, 0.717) is 34.8 Å². The first kappa shape index (κ1) is 33.5. The highest BCUT2D eigenvalue weighted by Crippen LogP contribution is 2.29. The Kier molecular flexibility index (Phi) is 8.65. The maximum atomic E-state index is 13.4. The second kappa shape index (κ2) is 13.9. The normalized spacial score (nSPS) is 16.0. The molecule has 0 radical (unpaired) electrons. The van der Waals surface area contributed by atoms with Gasteiger partial charge >= 0.3 is 0 Å². The summed E-state index contributed by atoms with van der Waals surface area (Å²) in [5.74, 6) is 2.05. The number of aromatic amines is 1. The van der Waals surface area contributed by atoms with E-state index in [-0.39, 0.29) is 18.6 Å². The smallest absolute Gasteiger partial charge is 0.255 e. The largest absolute Gasteiger partial charge is 0.473 e. The second-order valence-corrected chi connectivity index (χ2v) is 14.0. The third-order valence-electron chi connectivity index (χ3n) is 10.4. The maximum absolute atomic E-state index is 13.4. The molecule has 54 heavy (non-hydrogen) atoms. The third kappa shape index (κ3) is 6.48. The first-order valence-corrected chi connectivity index (χ1v) is 18.2. The summed E-state index contributed by atoms with van der Waals surface area (Å²) in [6, 6.07) is 25.1. The lowest BCUT2D eigenvalue weighted by Gasteiger charge is -2.29. The highest BCUT2D eigenvalue weighted by atomic mass is 16.5. The van der Waals surface area contributed by atoms with Gasteiger partial charge in [0.2, 0.25) is 5.88 Å². The molecule has 2 aliphatic heterocycles. The lowest BCUT2D eigenvalue weighted by atomic mass is 10.0. The number of aryl methyl sites for hydroxylation is 2. The average molecular weight is 719 g/mol. The molecule has 7 aromatic rings. The molecule has 6 heterocycles. The summed E-state index contributed by atoms with van der Waals surface area (Å²) < 4.78 is 20.1. The number of H-pyrrole nitrogens is 1. The Labute approximate surface area is 311 Å². The molecule has 0 unspecified atom stereocenters. The number of pyridine rings is 1. The average Bonchev–Trinajstić information content (AvgIpc) is 3.85. The van der Waals surface area contributed by atoms with Crippen molar-refractivity contribution in [1.82, 2.24) is 29.6 Å². The van der Waals surface area contributed by atoms with Crippen molar-refractivity contribution in [1.29, 1.82) is 5.26 Å². The number of anilines is 1. The van der Waals surface area contributed by atoms with Crippen LogP contribution in [0, 0.1) is 25.2 Å². The number of benzene rings is 3. The molecular weight excluding hydrogens is 681 g/mol. The minimum Gasteiger partial charge on any atom is -0.473 e. The first-order chi connectivity index (χ1) is 26.4. The van der Waals surface area contributed by atoms with E-state index >= 15 is 0 Å². The molecule has 3 aromatic carbocycles. The minimum atomic E-state index is -0.188. The number of hydrogen-bond donors (Lipinski definition) is 2. The topological polar surface area (TPSA) is 147 Å². The van der Waals surface area contributed by atoms with Crippen molar-refractivity contribution in [2.45, 2.75) is 52.5 Å². The molecular formula is C42H38N8O4. The van der Waals surface area contributed by atoms with Gasteiger partial charge in [0.15, 0.2) is 0 Å². The molecule has 0 aliphatic carbocycles. The number of ether oxygens (including phenoxy) is 2. The van der Waals surface area contributed by atoms with Crippen molar-refractivity contribution >= 4 is 50.1 Å². The maximum Gasteiger partial charge on any atom is 0.255 e. The van der Waals surface area contributed by atoms with Crippen LogP contribution in [0.1, 0.15) is 57.3 Å². The molecule has 0 bridgehead atoms. The van der Waals surface area contributed by atoms with Crippen molar-refractivity contribution < 1.29 is 18.7 Å². The highest BCUT2D eigenvalue weighted by molar-refractivity contribution is 6.06. The molecule has 12 nitrogen and oxygen atoms in total. The first-order valence-electron chi connectivity index (χ1n) is 18.2.